The van der Waals surface area contributed by atoms with E-state index in [1.807, 2.05) is 11.0 Å². The largest absolute Gasteiger partial charge is 0.367 e. The van der Waals surface area contributed by atoms with Crippen LogP contribution in [0.25, 0.3) is 0 Å². The van der Waals surface area contributed by atoms with Crippen LogP contribution in [-0.4, -0.2) is 60.5 Å². The second-order valence-electron chi connectivity index (χ2n) is 8.89. The maximum absolute atomic E-state index is 13.5. The van der Waals surface area contributed by atoms with Crippen LogP contribution in [-0.2, 0) is 20.9 Å². The second kappa shape index (κ2) is 9.26. The molecule has 6 heteroatoms. The van der Waals surface area contributed by atoms with Gasteiger partial charge < -0.3 is 15.4 Å². The van der Waals surface area contributed by atoms with Gasteiger partial charge in [-0.15, -0.1) is 0 Å². The lowest BCUT2D eigenvalue weighted by Gasteiger charge is -2.36. The van der Waals surface area contributed by atoms with Gasteiger partial charge in [0.05, 0.1) is 19.1 Å². The van der Waals surface area contributed by atoms with Crippen molar-refractivity contribution in [2.24, 2.45) is 23.5 Å². The normalized spacial score (nSPS) is 29.1. The molecule has 3 atom stereocenters. The molecular weight excluding hydrogens is 366 g/mol. The van der Waals surface area contributed by atoms with Crippen LogP contribution in [0.1, 0.15) is 37.7 Å². The van der Waals surface area contributed by atoms with E-state index < -0.39 is 12.0 Å². The Bertz CT molecular complexity index is 705. The number of morpholine rings is 1. The number of carbonyl (C=O) groups is 2. The van der Waals surface area contributed by atoms with Crippen molar-refractivity contribution in [3.63, 3.8) is 0 Å². The minimum absolute atomic E-state index is 0.00781. The Kier molecular flexibility index (Phi) is 6.50. The number of hydrogen-bond acceptors (Lipinski definition) is 4. The van der Waals surface area contributed by atoms with E-state index in [0.717, 1.165) is 19.6 Å². The van der Waals surface area contributed by atoms with Crippen molar-refractivity contribution < 1.29 is 14.3 Å². The van der Waals surface area contributed by atoms with E-state index in [0.29, 0.717) is 31.5 Å². The summed E-state index contributed by atoms with van der Waals surface area (Å²) < 4.78 is 5.45. The van der Waals surface area contributed by atoms with Gasteiger partial charge in [0.15, 0.2) is 6.10 Å². The van der Waals surface area contributed by atoms with Gasteiger partial charge in [0, 0.05) is 26.2 Å². The molecule has 0 aromatic heterocycles. The number of benzene rings is 1. The van der Waals surface area contributed by atoms with Crippen LogP contribution in [0.4, 0.5) is 0 Å². The third-order valence-electron chi connectivity index (χ3n) is 6.96. The average Bonchev–Trinajstić information content (AvgIpc) is 3.18. The number of amides is 2. The minimum Gasteiger partial charge on any atom is -0.367 e. The Labute approximate surface area is 173 Å². The SMILES string of the molecule is NC(=O)C1CN(C(=O)[C@@H]2CN(Cc3ccccc3)C[C@H]2C2CCCCC2)CCO1. The molecule has 1 aromatic rings. The molecule has 2 heterocycles. The van der Waals surface area contributed by atoms with E-state index in [4.69, 9.17) is 10.5 Å². The van der Waals surface area contributed by atoms with Crippen molar-refractivity contribution in [2.45, 2.75) is 44.8 Å². The Balaban J connectivity index is 1.48. The Morgan fingerprint density at radius 3 is 2.52 bits per heavy atom. The average molecular weight is 400 g/mol. The predicted molar refractivity (Wildman–Crippen MR) is 111 cm³/mol. The third-order valence-corrected chi connectivity index (χ3v) is 6.96. The van der Waals surface area contributed by atoms with E-state index in [-0.39, 0.29) is 11.8 Å². The van der Waals surface area contributed by atoms with Crippen LogP contribution in [0.5, 0.6) is 0 Å². The fourth-order valence-corrected chi connectivity index (χ4v) is 5.44. The van der Waals surface area contributed by atoms with Crippen molar-refractivity contribution >= 4 is 11.8 Å². The number of primary amides is 1. The third kappa shape index (κ3) is 4.81. The van der Waals surface area contributed by atoms with Crippen LogP contribution in [0.2, 0.25) is 0 Å². The Morgan fingerprint density at radius 2 is 1.79 bits per heavy atom. The molecule has 29 heavy (non-hydrogen) atoms. The van der Waals surface area contributed by atoms with Gasteiger partial charge >= 0.3 is 0 Å². The molecule has 158 valence electrons. The molecular formula is C23H33N3O3. The van der Waals surface area contributed by atoms with Gasteiger partial charge in [0.2, 0.25) is 11.8 Å². The van der Waals surface area contributed by atoms with Crippen molar-refractivity contribution in [3.8, 4) is 0 Å². The van der Waals surface area contributed by atoms with Crippen molar-refractivity contribution in [1.29, 1.82) is 0 Å². The van der Waals surface area contributed by atoms with Gasteiger partial charge in [-0.3, -0.25) is 14.5 Å². The number of nitrogens with two attached hydrogens (primary N) is 1. The lowest BCUT2D eigenvalue weighted by Crippen LogP contribution is -2.53. The summed E-state index contributed by atoms with van der Waals surface area (Å²) >= 11 is 0. The van der Waals surface area contributed by atoms with E-state index in [2.05, 4.69) is 29.2 Å². The molecule has 4 rings (SSSR count). The van der Waals surface area contributed by atoms with Gasteiger partial charge in [-0.2, -0.15) is 0 Å². The van der Waals surface area contributed by atoms with E-state index in [9.17, 15) is 9.59 Å². The molecule has 2 aliphatic heterocycles. The second-order valence-corrected chi connectivity index (χ2v) is 8.89. The monoisotopic (exact) mass is 399 g/mol. The summed E-state index contributed by atoms with van der Waals surface area (Å²) in [5.74, 6) is 0.746. The first kappa shape index (κ1) is 20.4. The van der Waals surface area contributed by atoms with Gasteiger partial charge in [-0.05, 0) is 17.4 Å². The Hall–Kier alpha value is -1.92. The lowest BCUT2D eigenvalue weighted by atomic mass is 9.75. The lowest BCUT2D eigenvalue weighted by molar-refractivity contribution is -0.149. The van der Waals surface area contributed by atoms with Gasteiger partial charge in [-0.25, -0.2) is 0 Å². The summed E-state index contributed by atoms with van der Waals surface area (Å²) in [5, 5.41) is 0. The van der Waals surface area contributed by atoms with Crippen LogP contribution in [0.3, 0.4) is 0 Å². The van der Waals surface area contributed by atoms with E-state index in [1.165, 1.54) is 37.7 Å². The van der Waals surface area contributed by atoms with Crippen LogP contribution < -0.4 is 5.73 Å². The molecule has 2 N–H and O–H groups in total. The molecule has 2 saturated heterocycles. The van der Waals surface area contributed by atoms with Gasteiger partial charge in [0.25, 0.3) is 0 Å². The number of likely N-dealkylation sites (tertiary alicyclic amines) is 1. The maximum Gasteiger partial charge on any atom is 0.248 e. The number of hydrogen-bond donors (Lipinski definition) is 1. The molecule has 3 fully saturated rings. The molecule has 1 saturated carbocycles. The number of carbonyl (C=O) groups excluding carboxylic acids is 2. The first-order valence-corrected chi connectivity index (χ1v) is 11.1. The summed E-state index contributed by atoms with van der Waals surface area (Å²) in [6.07, 6.45) is 5.67. The van der Waals surface area contributed by atoms with Gasteiger partial charge in [0.1, 0.15) is 0 Å². The molecule has 0 spiro atoms. The molecule has 0 bridgehead atoms. The highest BCUT2D eigenvalue weighted by Crippen LogP contribution is 2.39. The van der Waals surface area contributed by atoms with Crippen LogP contribution >= 0.6 is 0 Å². The quantitative estimate of drug-likeness (QED) is 0.822. The highest BCUT2D eigenvalue weighted by molar-refractivity contribution is 5.83. The number of ether oxygens (including phenoxy) is 1. The first-order valence-electron chi connectivity index (χ1n) is 11.1. The van der Waals surface area contributed by atoms with Gasteiger partial charge in [-0.1, -0.05) is 62.4 Å². The minimum atomic E-state index is -0.678. The molecule has 0 radical (unpaired) electrons. The molecule has 1 aromatic carbocycles. The van der Waals surface area contributed by atoms with Crippen LogP contribution in [0, 0.1) is 17.8 Å². The van der Waals surface area contributed by atoms with Crippen LogP contribution in [0.15, 0.2) is 30.3 Å². The van der Waals surface area contributed by atoms with Crippen molar-refractivity contribution in [1.82, 2.24) is 9.80 Å². The maximum atomic E-state index is 13.5. The highest BCUT2D eigenvalue weighted by Gasteiger charge is 2.44. The topological polar surface area (TPSA) is 75.9 Å². The summed E-state index contributed by atoms with van der Waals surface area (Å²) in [6.45, 7) is 3.90. The number of nitrogens with zero attached hydrogens (tertiary/aromatic N) is 2. The summed E-state index contributed by atoms with van der Waals surface area (Å²) in [6, 6.07) is 10.5. The molecule has 1 aliphatic carbocycles. The molecule has 6 nitrogen and oxygen atoms in total. The zero-order chi connectivity index (χ0) is 20.2. The standard InChI is InChI=1S/C23H33N3O3/c24-22(27)21-16-26(11-12-29-21)23(28)20-15-25(13-17-7-3-1-4-8-17)14-19(20)18-9-5-2-6-10-18/h1,3-4,7-8,18-21H,2,5-6,9-16H2,(H2,24,27)/t19-,20+,21?/m0/s1. The Morgan fingerprint density at radius 1 is 1.03 bits per heavy atom. The zero-order valence-electron chi connectivity index (χ0n) is 17.2. The highest BCUT2D eigenvalue weighted by atomic mass is 16.5. The summed E-state index contributed by atoms with van der Waals surface area (Å²) in [7, 11) is 0. The predicted octanol–water partition coefficient (Wildman–Crippen LogP) is 2.03. The zero-order valence-corrected chi connectivity index (χ0v) is 17.2. The van der Waals surface area contributed by atoms with E-state index >= 15 is 0 Å². The fraction of sp³-hybridized carbons (Fsp3) is 0.652. The fourth-order valence-electron chi connectivity index (χ4n) is 5.44. The van der Waals surface area contributed by atoms with Crippen molar-refractivity contribution in [2.75, 3.05) is 32.8 Å². The smallest absolute Gasteiger partial charge is 0.248 e. The molecule has 3 aliphatic rings. The molecule has 1 unspecified atom stereocenters. The molecule has 2 amide bonds. The number of rotatable bonds is 5. The summed E-state index contributed by atoms with van der Waals surface area (Å²) in [5.41, 5.74) is 6.72. The van der Waals surface area contributed by atoms with Crippen molar-refractivity contribution in [3.05, 3.63) is 35.9 Å². The first-order chi connectivity index (χ1) is 14.1. The summed E-state index contributed by atoms with van der Waals surface area (Å²) in [4.78, 5) is 29.3. The van der Waals surface area contributed by atoms with E-state index in [1.54, 1.807) is 0 Å².